The summed E-state index contributed by atoms with van der Waals surface area (Å²) in [5.74, 6) is 0.606. The Morgan fingerprint density at radius 3 is 2.47 bits per heavy atom. The second-order valence-electron chi connectivity index (χ2n) is 3.42. The zero-order valence-corrected chi connectivity index (χ0v) is 10.4. The van der Waals surface area contributed by atoms with Crippen LogP contribution < -0.4 is 11.5 Å². The molecule has 0 aromatic heterocycles. The van der Waals surface area contributed by atoms with Crippen LogP contribution in [0.25, 0.3) is 0 Å². The molecule has 4 N–H and O–H groups in total. The van der Waals surface area contributed by atoms with Crippen LogP contribution in [0.1, 0.15) is 13.3 Å². The zero-order chi connectivity index (χ0) is 11.9. The standard InChI is InChI=1S/C8H18N2O3S2/c1-7(9)6-14-3-5-15(12,13)4-2-8(10)11/h7H,2-6,9H2,1H3,(H2,10,11). The molecule has 0 rings (SSSR count). The summed E-state index contributed by atoms with van der Waals surface area (Å²) >= 11 is 1.50. The topological polar surface area (TPSA) is 103 Å². The van der Waals surface area contributed by atoms with E-state index in [1.807, 2.05) is 6.92 Å². The first kappa shape index (κ1) is 14.7. The number of carbonyl (C=O) groups is 1. The lowest BCUT2D eigenvalue weighted by Gasteiger charge is -2.05. The number of carbonyl (C=O) groups excluding carboxylic acids is 1. The van der Waals surface area contributed by atoms with Gasteiger partial charge in [0.25, 0.3) is 0 Å². The van der Waals surface area contributed by atoms with Gasteiger partial charge in [0.05, 0.1) is 11.5 Å². The maximum absolute atomic E-state index is 11.3. The minimum atomic E-state index is -3.14. The summed E-state index contributed by atoms with van der Waals surface area (Å²) in [5.41, 5.74) is 10.4. The molecule has 7 heteroatoms. The molecule has 0 fully saturated rings. The first-order valence-corrected chi connectivity index (χ1v) is 7.63. The van der Waals surface area contributed by atoms with Gasteiger partial charge in [-0.2, -0.15) is 11.8 Å². The SMILES string of the molecule is CC(N)CSCCS(=O)(=O)CCC(N)=O. The molecule has 0 aliphatic rings. The van der Waals surface area contributed by atoms with Crippen LogP contribution in [-0.2, 0) is 14.6 Å². The van der Waals surface area contributed by atoms with Crippen molar-refractivity contribution >= 4 is 27.5 Å². The van der Waals surface area contributed by atoms with E-state index in [-0.39, 0.29) is 24.0 Å². The molecule has 0 radical (unpaired) electrons. The number of rotatable bonds is 8. The summed E-state index contributed by atoms with van der Waals surface area (Å²) in [6.07, 6.45) is -0.0969. The lowest BCUT2D eigenvalue weighted by Crippen LogP contribution is -2.21. The highest BCUT2D eigenvalue weighted by molar-refractivity contribution is 8.00. The first-order chi connectivity index (χ1) is 6.83. The van der Waals surface area contributed by atoms with E-state index in [9.17, 15) is 13.2 Å². The van der Waals surface area contributed by atoms with Crippen LogP contribution >= 0.6 is 11.8 Å². The van der Waals surface area contributed by atoms with Crippen LogP contribution in [0.15, 0.2) is 0 Å². The Morgan fingerprint density at radius 1 is 1.40 bits per heavy atom. The van der Waals surface area contributed by atoms with Gasteiger partial charge in [-0.25, -0.2) is 8.42 Å². The highest BCUT2D eigenvalue weighted by Crippen LogP contribution is 2.04. The van der Waals surface area contributed by atoms with E-state index in [0.717, 1.165) is 5.75 Å². The van der Waals surface area contributed by atoms with E-state index in [1.54, 1.807) is 0 Å². The summed E-state index contributed by atoms with van der Waals surface area (Å²) in [7, 11) is -3.14. The molecule has 90 valence electrons. The fourth-order valence-electron chi connectivity index (χ4n) is 0.813. The Bertz CT molecular complexity index is 288. The minimum Gasteiger partial charge on any atom is -0.370 e. The van der Waals surface area contributed by atoms with E-state index in [2.05, 4.69) is 0 Å². The number of nitrogens with two attached hydrogens (primary N) is 2. The summed E-state index contributed by atoms with van der Waals surface area (Å²) in [6.45, 7) is 1.87. The van der Waals surface area contributed by atoms with Crippen molar-refractivity contribution in [3.05, 3.63) is 0 Å². The highest BCUT2D eigenvalue weighted by Gasteiger charge is 2.12. The highest BCUT2D eigenvalue weighted by atomic mass is 32.2. The summed E-state index contributed by atoms with van der Waals surface area (Å²) < 4.78 is 22.7. The second kappa shape index (κ2) is 7.08. The minimum absolute atomic E-state index is 0.0725. The van der Waals surface area contributed by atoms with Crippen LogP contribution in [0, 0.1) is 0 Å². The molecule has 0 heterocycles. The molecule has 1 unspecified atom stereocenters. The molecule has 0 saturated heterocycles. The molecule has 0 saturated carbocycles. The van der Waals surface area contributed by atoms with Crippen molar-refractivity contribution in [2.45, 2.75) is 19.4 Å². The van der Waals surface area contributed by atoms with Gasteiger partial charge in [0.15, 0.2) is 9.84 Å². The molecule has 15 heavy (non-hydrogen) atoms. The molecule has 1 amide bonds. The molecule has 1 atom stereocenters. The third-order valence-corrected chi connectivity index (χ3v) is 4.74. The van der Waals surface area contributed by atoms with E-state index in [1.165, 1.54) is 11.8 Å². The van der Waals surface area contributed by atoms with Crippen molar-refractivity contribution in [2.24, 2.45) is 11.5 Å². The molecule has 0 spiro atoms. The third kappa shape index (κ3) is 10.0. The van der Waals surface area contributed by atoms with Crippen LogP contribution in [0.4, 0.5) is 0 Å². The third-order valence-electron chi connectivity index (χ3n) is 1.58. The van der Waals surface area contributed by atoms with Crippen molar-refractivity contribution in [3.8, 4) is 0 Å². The lowest BCUT2D eigenvalue weighted by molar-refractivity contribution is -0.117. The average Bonchev–Trinajstić information content (AvgIpc) is 2.09. The zero-order valence-electron chi connectivity index (χ0n) is 8.81. The van der Waals surface area contributed by atoms with Gasteiger partial charge < -0.3 is 11.5 Å². The molecule has 0 aliphatic heterocycles. The number of amides is 1. The van der Waals surface area contributed by atoms with E-state index < -0.39 is 15.7 Å². The Kier molecular flexibility index (Phi) is 6.95. The summed E-state index contributed by atoms with van der Waals surface area (Å²) in [4.78, 5) is 10.4. The summed E-state index contributed by atoms with van der Waals surface area (Å²) in [5, 5.41) is 0. The van der Waals surface area contributed by atoms with Gasteiger partial charge in [0.1, 0.15) is 0 Å². The monoisotopic (exact) mass is 254 g/mol. The van der Waals surface area contributed by atoms with Crippen molar-refractivity contribution in [3.63, 3.8) is 0 Å². The number of hydrogen-bond donors (Lipinski definition) is 2. The van der Waals surface area contributed by atoms with Crippen molar-refractivity contribution in [1.29, 1.82) is 0 Å². The maximum atomic E-state index is 11.3. The van der Waals surface area contributed by atoms with Gasteiger partial charge in [-0.15, -0.1) is 0 Å². The maximum Gasteiger partial charge on any atom is 0.218 e. The van der Waals surface area contributed by atoms with Crippen molar-refractivity contribution < 1.29 is 13.2 Å². The molecule has 0 aliphatic carbocycles. The van der Waals surface area contributed by atoms with E-state index >= 15 is 0 Å². The van der Waals surface area contributed by atoms with Crippen LogP contribution in [0.2, 0.25) is 0 Å². The molecule has 5 nitrogen and oxygen atoms in total. The van der Waals surface area contributed by atoms with Gasteiger partial charge >= 0.3 is 0 Å². The Balaban J connectivity index is 3.70. The number of thioether (sulfide) groups is 1. The van der Waals surface area contributed by atoms with Crippen LogP contribution in [0.5, 0.6) is 0 Å². The van der Waals surface area contributed by atoms with Crippen molar-refractivity contribution in [1.82, 2.24) is 0 Å². The Morgan fingerprint density at radius 2 is 2.00 bits per heavy atom. The number of primary amides is 1. The Labute approximate surface area is 94.9 Å². The van der Waals surface area contributed by atoms with Gasteiger partial charge in [-0.1, -0.05) is 0 Å². The predicted molar refractivity (Wildman–Crippen MR) is 63.4 cm³/mol. The van der Waals surface area contributed by atoms with E-state index in [0.29, 0.717) is 5.75 Å². The van der Waals surface area contributed by atoms with Gasteiger partial charge in [-0.3, -0.25) is 4.79 Å². The normalized spacial score (nSPS) is 13.7. The number of sulfone groups is 1. The number of hydrogen-bond acceptors (Lipinski definition) is 5. The van der Waals surface area contributed by atoms with Gasteiger partial charge in [-0.05, 0) is 6.92 Å². The predicted octanol–water partition coefficient (Wildman–Crippen LogP) is -0.643. The summed E-state index contributed by atoms with van der Waals surface area (Å²) in [6, 6.07) is 0.0725. The van der Waals surface area contributed by atoms with Gasteiger partial charge in [0, 0.05) is 24.0 Å². The van der Waals surface area contributed by atoms with Crippen LogP contribution in [-0.4, -0.2) is 43.4 Å². The van der Waals surface area contributed by atoms with Gasteiger partial charge in [0.2, 0.25) is 5.91 Å². The lowest BCUT2D eigenvalue weighted by atomic mass is 10.4. The molecule has 0 aromatic carbocycles. The quantitative estimate of drug-likeness (QED) is 0.561. The van der Waals surface area contributed by atoms with Crippen molar-refractivity contribution in [2.75, 3.05) is 23.0 Å². The first-order valence-electron chi connectivity index (χ1n) is 4.65. The average molecular weight is 254 g/mol. The second-order valence-corrected chi connectivity index (χ2v) is 6.87. The largest absolute Gasteiger partial charge is 0.370 e. The smallest absolute Gasteiger partial charge is 0.218 e. The molecular weight excluding hydrogens is 236 g/mol. The fourth-order valence-corrected chi connectivity index (χ4v) is 3.56. The fraction of sp³-hybridized carbons (Fsp3) is 0.875. The molecular formula is C8H18N2O3S2. The van der Waals surface area contributed by atoms with Crippen LogP contribution in [0.3, 0.4) is 0 Å². The molecule has 0 aromatic rings. The molecule has 0 bridgehead atoms. The van der Waals surface area contributed by atoms with E-state index in [4.69, 9.17) is 11.5 Å². The Hall–Kier alpha value is -0.270.